The highest BCUT2D eigenvalue weighted by Crippen LogP contribution is 2.21. The minimum atomic E-state index is 0.0550. The third-order valence-electron chi connectivity index (χ3n) is 4.80. The molecule has 5 nitrogen and oxygen atoms in total. The average molecular weight is 331 g/mol. The van der Waals surface area contributed by atoms with Crippen molar-refractivity contribution in [2.45, 2.75) is 32.1 Å². The molecule has 2 fully saturated rings. The van der Waals surface area contributed by atoms with Gasteiger partial charge in [-0.3, -0.25) is 9.69 Å². The second kappa shape index (κ2) is 9.04. The molecule has 0 atom stereocenters. The fourth-order valence-corrected chi connectivity index (χ4v) is 3.44. The van der Waals surface area contributed by atoms with Crippen molar-refractivity contribution < 1.29 is 9.53 Å². The molecule has 132 valence electrons. The largest absolute Gasteiger partial charge is 0.380 e. The number of rotatable bonds is 4. The van der Waals surface area contributed by atoms with Gasteiger partial charge in [0.2, 0.25) is 5.91 Å². The number of nitrogens with one attached hydrogen (secondary N) is 1. The van der Waals surface area contributed by atoms with Crippen molar-refractivity contribution in [2.24, 2.45) is 0 Å². The van der Waals surface area contributed by atoms with Gasteiger partial charge >= 0.3 is 0 Å². The first kappa shape index (κ1) is 17.2. The topological polar surface area (TPSA) is 44.8 Å². The summed E-state index contributed by atoms with van der Waals surface area (Å²) in [7, 11) is 0. The number of carbonyl (C=O) groups excluding carboxylic acids is 1. The Morgan fingerprint density at radius 1 is 0.917 bits per heavy atom. The molecule has 1 N–H and O–H groups in total. The maximum atomic E-state index is 12.2. The molecule has 0 spiro atoms. The van der Waals surface area contributed by atoms with Crippen LogP contribution in [0.15, 0.2) is 24.3 Å². The smallest absolute Gasteiger partial charge is 0.238 e. The quantitative estimate of drug-likeness (QED) is 0.921. The SMILES string of the molecule is O=C(CN1CCCOCC1)Nc1ccc(N2CCCCCC2)cc1. The summed E-state index contributed by atoms with van der Waals surface area (Å²) in [6, 6.07) is 8.29. The molecule has 0 aliphatic carbocycles. The number of ether oxygens (including phenoxy) is 1. The zero-order chi connectivity index (χ0) is 16.6. The van der Waals surface area contributed by atoms with Crippen LogP contribution in [0, 0.1) is 0 Å². The van der Waals surface area contributed by atoms with Gasteiger partial charge in [-0.25, -0.2) is 0 Å². The molecule has 5 heteroatoms. The normalized spacial score (nSPS) is 20.2. The predicted octanol–water partition coefficient (Wildman–Crippen LogP) is 2.73. The van der Waals surface area contributed by atoms with Crippen LogP contribution in [0.3, 0.4) is 0 Å². The van der Waals surface area contributed by atoms with Crippen molar-refractivity contribution >= 4 is 17.3 Å². The molecule has 2 heterocycles. The first-order valence-electron chi connectivity index (χ1n) is 9.26. The third kappa shape index (κ3) is 5.21. The number of hydrogen-bond donors (Lipinski definition) is 1. The lowest BCUT2D eigenvalue weighted by Gasteiger charge is -2.23. The molecule has 0 bridgehead atoms. The van der Waals surface area contributed by atoms with E-state index in [0.29, 0.717) is 6.54 Å². The Kier molecular flexibility index (Phi) is 6.49. The van der Waals surface area contributed by atoms with Crippen molar-refractivity contribution in [3.8, 4) is 0 Å². The van der Waals surface area contributed by atoms with E-state index in [9.17, 15) is 4.79 Å². The molecule has 1 aromatic rings. The Labute approximate surface area is 145 Å². The summed E-state index contributed by atoms with van der Waals surface area (Å²) in [4.78, 5) is 16.8. The van der Waals surface area contributed by atoms with Gasteiger partial charge in [0.05, 0.1) is 13.2 Å². The maximum Gasteiger partial charge on any atom is 0.238 e. The Balaban J connectivity index is 1.50. The van der Waals surface area contributed by atoms with Crippen LogP contribution in [-0.4, -0.2) is 56.7 Å². The number of nitrogens with zero attached hydrogens (tertiary/aromatic N) is 2. The van der Waals surface area contributed by atoms with Gasteiger partial charge in [0.1, 0.15) is 0 Å². The second-order valence-electron chi connectivity index (χ2n) is 6.74. The summed E-state index contributed by atoms with van der Waals surface area (Å²) in [6.07, 6.45) is 6.23. The molecule has 0 aromatic heterocycles. The van der Waals surface area contributed by atoms with E-state index in [4.69, 9.17) is 4.74 Å². The zero-order valence-corrected chi connectivity index (χ0v) is 14.5. The Hall–Kier alpha value is -1.59. The molecule has 1 aromatic carbocycles. The highest BCUT2D eigenvalue weighted by atomic mass is 16.5. The molecule has 0 radical (unpaired) electrons. The van der Waals surface area contributed by atoms with Gasteiger partial charge in [-0.15, -0.1) is 0 Å². The lowest BCUT2D eigenvalue weighted by Crippen LogP contribution is -2.35. The van der Waals surface area contributed by atoms with Gasteiger partial charge in [-0.1, -0.05) is 12.8 Å². The van der Waals surface area contributed by atoms with E-state index in [1.807, 2.05) is 12.1 Å². The first-order chi connectivity index (χ1) is 11.8. The van der Waals surface area contributed by atoms with E-state index in [1.54, 1.807) is 0 Å². The van der Waals surface area contributed by atoms with Crippen molar-refractivity contribution in [2.75, 3.05) is 56.2 Å². The summed E-state index contributed by atoms with van der Waals surface area (Å²) in [6.45, 7) is 6.01. The lowest BCUT2D eigenvalue weighted by atomic mass is 10.2. The molecule has 2 aliphatic heterocycles. The summed E-state index contributed by atoms with van der Waals surface area (Å²) in [5, 5.41) is 3.01. The van der Waals surface area contributed by atoms with E-state index in [-0.39, 0.29) is 5.91 Å². The highest BCUT2D eigenvalue weighted by Gasteiger charge is 2.14. The Bertz CT molecular complexity index is 502. The standard InChI is InChI=1S/C19H29N3O2/c23-19(16-21-10-5-14-24-15-13-21)20-17-6-8-18(9-7-17)22-11-3-1-2-4-12-22/h6-9H,1-5,10-16H2,(H,20,23). The van der Waals surface area contributed by atoms with E-state index < -0.39 is 0 Å². The van der Waals surface area contributed by atoms with Crippen LogP contribution in [0.4, 0.5) is 11.4 Å². The summed E-state index contributed by atoms with van der Waals surface area (Å²) >= 11 is 0. The van der Waals surface area contributed by atoms with Crippen LogP contribution in [0.5, 0.6) is 0 Å². The van der Waals surface area contributed by atoms with E-state index in [2.05, 4.69) is 27.2 Å². The van der Waals surface area contributed by atoms with Crippen molar-refractivity contribution in [1.82, 2.24) is 4.90 Å². The van der Waals surface area contributed by atoms with Gasteiger partial charge in [0, 0.05) is 44.2 Å². The minimum Gasteiger partial charge on any atom is -0.380 e. The molecule has 1 amide bonds. The van der Waals surface area contributed by atoms with Crippen LogP contribution in [-0.2, 0) is 9.53 Å². The molecule has 0 unspecified atom stereocenters. The average Bonchev–Trinajstić information content (AvgIpc) is 3.00. The predicted molar refractivity (Wildman–Crippen MR) is 97.6 cm³/mol. The molecule has 24 heavy (non-hydrogen) atoms. The van der Waals surface area contributed by atoms with E-state index in [1.165, 1.54) is 31.4 Å². The molecular weight excluding hydrogens is 302 g/mol. The van der Waals surface area contributed by atoms with Crippen molar-refractivity contribution in [1.29, 1.82) is 0 Å². The molecule has 2 saturated heterocycles. The van der Waals surface area contributed by atoms with Crippen LogP contribution >= 0.6 is 0 Å². The monoisotopic (exact) mass is 331 g/mol. The van der Waals surface area contributed by atoms with Gasteiger partial charge in [-0.05, 0) is 43.5 Å². The maximum absolute atomic E-state index is 12.2. The fraction of sp³-hybridized carbons (Fsp3) is 0.632. The minimum absolute atomic E-state index is 0.0550. The van der Waals surface area contributed by atoms with Crippen LogP contribution in [0.2, 0.25) is 0 Å². The van der Waals surface area contributed by atoms with Crippen LogP contribution in [0.1, 0.15) is 32.1 Å². The molecular formula is C19H29N3O2. The number of hydrogen-bond acceptors (Lipinski definition) is 4. The Morgan fingerprint density at radius 2 is 1.67 bits per heavy atom. The zero-order valence-electron chi connectivity index (χ0n) is 14.5. The van der Waals surface area contributed by atoms with Gasteiger partial charge in [0.15, 0.2) is 0 Å². The van der Waals surface area contributed by atoms with E-state index >= 15 is 0 Å². The number of amides is 1. The van der Waals surface area contributed by atoms with Crippen LogP contribution < -0.4 is 10.2 Å². The molecule has 3 rings (SSSR count). The summed E-state index contributed by atoms with van der Waals surface area (Å²) in [5.74, 6) is 0.0550. The molecule has 0 saturated carbocycles. The van der Waals surface area contributed by atoms with Gasteiger partial charge in [-0.2, -0.15) is 0 Å². The van der Waals surface area contributed by atoms with Crippen molar-refractivity contribution in [3.05, 3.63) is 24.3 Å². The van der Waals surface area contributed by atoms with Crippen LogP contribution in [0.25, 0.3) is 0 Å². The number of anilines is 2. The highest BCUT2D eigenvalue weighted by molar-refractivity contribution is 5.92. The van der Waals surface area contributed by atoms with Crippen molar-refractivity contribution in [3.63, 3.8) is 0 Å². The summed E-state index contributed by atoms with van der Waals surface area (Å²) in [5.41, 5.74) is 2.14. The second-order valence-corrected chi connectivity index (χ2v) is 6.74. The first-order valence-corrected chi connectivity index (χ1v) is 9.26. The van der Waals surface area contributed by atoms with Gasteiger partial charge in [0.25, 0.3) is 0 Å². The number of benzene rings is 1. The third-order valence-corrected chi connectivity index (χ3v) is 4.80. The lowest BCUT2D eigenvalue weighted by molar-refractivity contribution is -0.117. The Morgan fingerprint density at radius 3 is 2.42 bits per heavy atom. The molecule has 2 aliphatic rings. The number of carbonyl (C=O) groups is 1. The van der Waals surface area contributed by atoms with E-state index in [0.717, 1.165) is 51.5 Å². The fourth-order valence-electron chi connectivity index (χ4n) is 3.44. The summed E-state index contributed by atoms with van der Waals surface area (Å²) < 4.78 is 5.43. The van der Waals surface area contributed by atoms with Gasteiger partial charge < -0.3 is 15.0 Å².